The molecule has 1 atom stereocenters. The quantitative estimate of drug-likeness (QED) is 0.414. The van der Waals surface area contributed by atoms with E-state index < -0.39 is 5.41 Å². The van der Waals surface area contributed by atoms with Gasteiger partial charge in [-0.25, -0.2) is 0 Å². The van der Waals surface area contributed by atoms with E-state index in [2.05, 4.69) is 11.1 Å². The fourth-order valence-electron chi connectivity index (χ4n) is 4.69. The number of rotatable bonds is 6. The van der Waals surface area contributed by atoms with Gasteiger partial charge in [-0.3, -0.25) is 14.7 Å². The number of ether oxygens (including phenoxy) is 1. The Balaban J connectivity index is 1.67. The average molecular weight is 421 g/mol. The summed E-state index contributed by atoms with van der Waals surface area (Å²) in [4.78, 5) is 20.3. The second kappa shape index (κ2) is 8.31. The normalized spacial score (nSPS) is 17.3. The molecule has 0 saturated carbocycles. The van der Waals surface area contributed by atoms with E-state index in [1.165, 1.54) is 0 Å². The molecule has 1 unspecified atom stereocenters. The number of aromatic nitrogens is 1. The van der Waals surface area contributed by atoms with Gasteiger partial charge >= 0.3 is 0 Å². The zero-order valence-corrected chi connectivity index (χ0v) is 17.9. The van der Waals surface area contributed by atoms with Crippen LogP contribution >= 0.6 is 0 Å². The molecule has 32 heavy (non-hydrogen) atoms. The summed E-state index contributed by atoms with van der Waals surface area (Å²) in [6.07, 6.45) is 4.77. The summed E-state index contributed by atoms with van der Waals surface area (Å²) in [5, 5.41) is 0. The first kappa shape index (κ1) is 20.0. The highest BCUT2D eigenvalue weighted by Gasteiger charge is 2.51. The van der Waals surface area contributed by atoms with E-state index in [1.807, 2.05) is 89.8 Å². The molecule has 0 bridgehead atoms. The second-order valence-corrected chi connectivity index (χ2v) is 8.13. The van der Waals surface area contributed by atoms with E-state index in [1.54, 1.807) is 19.5 Å². The van der Waals surface area contributed by atoms with Crippen molar-refractivity contribution >= 4 is 17.3 Å². The summed E-state index contributed by atoms with van der Waals surface area (Å²) < 4.78 is 5.33. The number of carbonyl (C=O) groups is 1. The molecule has 2 heterocycles. The van der Waals surface area contributed by atoms with E-state index in [9.17, 15) is 4.79 Å². The third kappa shape index (κ3) is 3.44. The van der Waals surface area contributed by atoms with E-state index in [-0.39, 0.29) is 5.91 Å². The van der Waals surface area contributed by atoms with Crippen LogP contribution in [0.2, 0.25) is 0 Å². The van der Waals surface area contributed by atoms with Gasteiger partial charge in [-0.15, -0.1) is 0 Å². The third-order valence-electron chi connectivity index (χ3n) is 6.21. The Morgan fingerprint density at radius 2 is 1.41 bits per heavy atom. The molecule has 0 spiro atoms. The number of hydrogen-bond acceptors (Lipinski definition) is 3. The molecule has 3 aromatic carbocycles. The molecule has 0 aliphatic carbocycles. The number of benzene rings is 3. The average Bonchev–Trinajstić information content (AvgIpc) is 3.08. The lowest BCUT2D eigenvalue weighted by Crippen LogP contribution is -2.42. The van der Waals surface area contributed by atoms with Crippen LogP contribution in [-0.4, -0.2) is 18.0 Å². The highest BCUT2D eigenvalue weighted by atomic mass is 16.5. The van der Waals surface area contributed by atoms with Crippen molar-refractivity contribution < 1.29 is 9.53 Å². The molecule has 158 valence electrons. The summed E-state index contributed by atoms with van der Waals surface area (Å²) >= 11 is 0. The second-order valence-electron chi connectivity index (χ2n) is 8.13. The molecule has 4 aromatic rings. The van der Waals surface area contributed by atoms with Crippen molar-refractivity contribution in [3.63, 3.8) is 0 Å². The molecule has 4 nitrogen and oxygen atoms in total. The van der Waals surface area contributed by atoms with Crippen LogP contribution in [0.15, 0.2) is 103 Å². The van der Waals surface area contributed by atoms with Gasteiger partial charge in [-0.1, -0.05) is 48.5 Å². The Labute approximate surface area is 188 Å². The van der Waals surface area contributed by atoms with Crippen LogP contribution in [0.1, 0.15) is 16.7 Å². The highest BCUT2D eigenvalue weighted by molar-refractivity contribution is 6.13. The third-order valence-corrected chi connectivity index (χ3v) is 6.21. The SMILES string of the molecule is COc1ccc(CC2(Cc3ccncc3)C(=O)N(c3ccccc3)c3ccccc32)cc1. The van der Waals surface area contributed by atoms with Gasteiger partial charge < -0.3 is 4.74 Å². The fourth-order valence-corrected chi connectivity index (χ4v) is 4.69. The fraction of sp³-hybridized carbons (Fsp3) is 0.143. The maximum absolute atomic E-state index is 14.3. The minimum Gasteiger partial charge on any atom is -0.497 e. The Kier molecular flexibility index (Phi) is 5.20. The number of hydrogen-bond donors (Lipinski definition) is 0. The molecule has 4 heteroatoms. The lowest BCUT2D eigenvalue weighted by Gasteiger charge is -2.29. The number of amides is 1. The smallest absolute Gasteiger partial charge is 0.242 e. The minimum absolute atomic E-state index is 0.0949. The van der Waals surface area contributed by atoms with Crippen molar-refractivity contribution in [3.8, 4) is 5.75 Å². The lowest BCUT2D eigenvalue weighted by molar-refractivity contribution is -0.122. The molecule has 5 rings (SSSR count). The lowest BCUT2D eigenvalue weighted by atomic mass is 9.72. The van der Waals surface area contributed by atoms with E-state index in [0.29, 0.717) is 12.8 Å². The summed E-state index contributed by atoms with van der Waals surface area (Å²) in [6.45, 7) is 0. The van der Waals surface area contributed by atoms with Crippen molar-refractivity contribution in [1.29, 1.82) is 0 Å². The van der Waals surface area contributed by atoms with Crippen molar-refractivity contribution in [2.45, 2.75) is 18.3 Å². The highest BCUT2D eigenvalue weighted by Crippen LogP contribution is 2.48. The van der Waals surface area contributed by atoms with Crippen molar-refractivity contribution in [2.24, 2.45) is 0 Å². The summed E-state index contributed by atoms with van der Waals surface area (Å²) in [6, 6.07) is 30.1. The first-order valence-corrected chi connectivity index (χ1v) is 10.7. The topological polar surface area (TPSA) is 42.4 Å². The van der Waals surface area contributed by atoms with Crippen molar-refractivity contribution in [2.75, 3.05) is 12.0 Å². The first-order chi connectivity index (χ1) is 15.7. The zero-order valence-electron chi connectivity index (χ0n) is 17.9. The number of anilines is 2. The standard InChI is InChI=1S/C28H24N2O2/c1-32-24-13-11-21(12-14-24)19-28(20-22-15-17-29-18-16-22)25-9-5-6-10-26(25)30(27(28)31)23-7-3-2-4-8-23/h2-18H,19-20H2,1H3. The molecular weight excluding hydrogens is 396 g/mol. The Bertz CT molecular complexity index is 1220. The minimum atomic E-state index is -0.720. The van der Waals surface area contributed by atoms with Gasteiger partial charge in [0.05, 0.1) is 18.2 Å². The molecule has 0 N–H and O–H groups in total. The van der Waals surface area contributed by atoms with Crippen LogP contribution < -0.4 is 9.64 Å². The number of pyridine rings is 1. The molecule has 1 aliphatic rings. The van der Waals surface area contributed by atoms with E-state index in [4.69, 9.17) is 4.74 Å². The van der Waals surface area contributed by atoms with E-state index >= 15 is 0 Å². The van der Waals surface area contributed by atoms with Crippen LogP contribution in [0.4, 0.5) is 11.4 Å². The molecule has 0 saturated heterocycles. The Morgan fingerprint density at radius 3 is 2.09 bits per heavy atom. The van der Waals surface area contributed by atoms with Crippen molar-refractivity contribution in [1.82, 2.24) is 4.98 Å². The van der Waals surface area contributed by atoms with Gasteiger partial charge in [0.2, 0.25) is 5.91 Å². The maximum atomic E-state index is 14.3. The molecule has 1 amide bonds. The van der Waals surface area contributed by atoms with Gasteiger partial charge in [0, 0.05) is 18.1 Å². The predicted molar refractivity (Wildman–Crippen MR) is 126 cm³/mol. The monoisotopic (exact) mass is 420 g/mol. The van der Waals surface area contributed by atoms with Gasteiger partial charge in [0.15, 0.2) is 0 Å². The van der Waals surface area contributed by atoms with Crippen LogP contribution in [0, 0.1) is 0 Å². The predicted octanol–water partition coefficient (Wildman–Crippen LogP) is 5.49. The number of fused-ring (bicyclic) bond motifs is 1. The Morgan fingerprint density at radius 1 is 0.781 bits per heavy atom. The largest absolute Gasteiger partial charge is 0.497 e. The van der Waals surface area contributed by atoms with E-state index in [0.717, 1.165) is 33.8 Å². The molecule has 1 aromatic heterocycles. The van der Waals surface area contributed by atoms with Gasteiger partial charge in [0.1, 0.15) is 5.75 Å². The molecular formula is C28H24N2O2. The first-order valence-electron chi connectivity index (χ1n) is 10.7. The van der Waals surface area contributed by atoms with Gasteiger partial charge in [-0.05, 0) is 72.0 Å². The maximum Gasteiger partial charge on any atom is 0.242 e. The van der Waals surface area contributed by atoms with Gasteiger partial charge in [0.25, 0.3) is 0 Å². The summed E-state index contributed by atoms with van der Waals surface area (Å²) in [5.74, 6) is 0.901. The zero-order chi connectivity index (χ0) is 22.0. The molecule has 0 fully saturated rings. The van der Waals surface area contributed by atoms with Crippen molar-refractivity contribution in [3.05, 3.63) is 120 Å². The molecule has 0 radical (unpaired) electrons. The number of carbonyl (C=O) groups excluding carboxylic acids is 1. The number of para-hydroxylation sites is 2. The summed E-state index contributed by atoms with van der Waals surface area (Å²) in [5.41, 5.74) is 4.36. The Hall–Kier alpha value is -3.92. The summed E-state index contributed by atoms with van der Waals surface area (Å²) in [7, 11) is 1.66. The van der Waals surface area contributed by atoms with Crippen LogP contribution in [-0.2, 0) is 23.1 Å². The van der Waals surface area contributed by atoms with Gasteiger partial charge in [-0.2, -0.15) is 0 Å². The number of nitrogens with zero attached hydrogens (tertiary/aromatic N) is 2. The van der Waals surface area contributed by atoms with Crippen LogP contribution in [0.5, 0.6) is 5.75 Å². The molecule has 1 aliphatic heterocycles. The van der Waals surface area contributed by atoms with Crippen LogP contribution in [0.25, 0.3) is 0 Å². The number of methoxy groups -OCH3 is 1. The van der Waals surface area contributed by atoms with Crippen LogP contribution in [0.3, 0.4) is 0 Å².